The van der Waals surface area contributed by atoms with E-state index in [-0.39, 0.29) is 82.2 Å². The Hall–Kier alpha value is -3.44. The van der Waals surface area contributed by atoms with Gasteiger partial charge in [0.15, 0.2) is 5.78 Å². The molecule has 0 bridgehead atoms. The van der Waals surface area contributed by atoms with E-state index in [1.165, 1.54) is 5.57 Å². The minimum atomic E-state index is -0.845. The highest BCUT2D eigenvalue weighted by molar-refractivity contribution is 6.30. The maximum absolute atomic E-state index is 14.3. The molecule has 0 unspecified atom stereocenters. The average Bonchev–Trinajstić information content (AvgIpc) is 3.83. The molecule has 1 saturated heterocycles. The first-order chi connectivity index (χ1) is 30.7. The molecule has 1 aromatic rings. The van der Waals surface area contributed by atoms with Crippen LogP contribution in [-0.2, 0) is 28.7 Å². The minimum Gasteiger partial charge on any atom is -0.487 e. The van der Waals surface area contributed by atoms with E-state index in [1.54, 1.807) is 18.2 Å². The molecule has 1 heterocycles. The maximum atomic E-state index is 14.3. The fraction of sp³-hybridized carbons (Fsp3) is 0.759. The van der Waals surface area contributed by atoms with Crippen LogP contribution in [0, 0.1) is 68.0 Å². The fourth-order valence-corrected chi connectivity index (χ4v) is 15.9. The SMILES string of the molecule is CC(C)C1=C2[C@H]3CC[C@@H]4[C@@]5(C)CC[C@H](OC(=O)[C@H]6C[C@@H](C(=O)O)C6(C)C)C(C)(C)[C@@H]5CC[C@@]4(C)[C@]3(C)CC[C@@]2(CC(=O)NCC(C)(C)NC(=O)c2ccc(Cl)cc2O[C@@H]2CCOC2)CC1=O. The molecule has 7 aliphatic rings. The number of carbonyl (C=O) groups excluding carboxylic acids is 4. The van der Waals surface area contributed by atoms with Gasteiger partial charge in [0.05, 0.1) is 36.2 Å². The van der Waals surface area contributed by atoms with Crippen molar-refractivity contribution in [3.05, 3.63) is 39.9 Å². The Morgan fingerprint density at radius 2 is 1.62 bits per heavy atom. The lowest BCUT2D eigenvalue weighted by atomic mass is 9.33. The molecule has 1 aromatic carbocycles. The second-order valence-corrected chi connectivity index (χ2v) is 25.2. The number of esters is 1. The van der Waals surface area contributed by atoms with Crippen molar-refractivity contribution in [1.29, 1.82) is 0 Å². The number of nitrogens with one attached hydrogen (secondary N) is 2. The summed E-state index contributed by atoms with van der Waals surface area (Å²) in [6, 6.07) is 4.98. The van der Waals surface area contributed by atoms with Crippen LogP contribution < -0.4 is 15.4 Å². The van der Waals surface area contributed by atoms with Gasteiger partial charge in [0.2, 0.25) is 5.91 Å². The van der Waals surface area contributed by atoms with Gasteiger partial charge in [-0.3, -0.25) is 24.0 Å². The van der Waals surface area contributed by atoms with E-state index in [0.717, 1.165) is 63.4 Å². The number of benzene rings is 1. The molecule has 3 N–H and O–H groups in total. The van der Waals surface area contributed by atoms with Crippen molar-refractivity contribution in [2.45, 2.75) is 171 Å². The first kappa shape index (κ1) is 49.0. The van der Waals surface area contributed by atoms with Gasteiger partial charge >= 0.3 is 11.9 Å². The molecular formula is C54H77ClN2O9. The summed E-state index contributed by atoms with van der Waals surface area (Å²) in [5, 5.41) is 16.5. The van der Waals surface area contributed by atoms with E-state index in [9.17, 15) is 29.1 Å². The largest absolute Gasteiger partial charge is 0.487 e. The number of carboxylic acid groups (broad SMARTS) is 1. The van der Waals surface area contributed by atoms with Crippen LogP contribution in [0.2, 0.25) is 5.02 Å². The van der Waals surface area contributed by atoms with Gasteiger partial charge in [0.25, 0.3) is 5.91 Å². The summed E-state index contributed by atoms with van der Waals surface area (Å²) < 4.78 is 18.0. The molecule has 6 fully saturated rings. The summed E-state index contributed by atoms with van der Waals surface area (Å²) in [6.45, 7) is 25.2. The molecule has 364 valence electrons. The van der Waals surface area contributed by atoms with Crippen molar-refractivity contribution in [1.82, 2.24) is 10.6 Å². The van der Waals surface area contributed by atoms with Crippen LogP contribution in [-0.4, -0.2) is 72.1 Å². The highest BCUT2D eigenvalue weighted by atomic mass is 35.5. The standard InChI is InChI=1S/C54H77ClN2O9/c1-30(2)43-37(58)26-54(27-42(59)56-29-48(3,4)57-45(60)33-13-12-31(55)24-38(33)65-32-18-23-64-28-32)22-21-52(10)34(44(43)54)14-15-40-51(9)19-17-41(50(7,8)39(51)16-20-53(40,52)11)66-47(63)36-25-35(46(61)62)49(36,5)6/h12-13,24,30,32,34-36,39-41H,14-23,25-29H2,1-11H3,(H,56,59)(H,57,60)(H,61,62)/t32-,34-,35+,36-,39+,40-,41+,51+,52-,53-,54+/m1/s1. The number of aliphatic carboxylic acids is 1. The van der Waals surface area contributed by atoms with Crippen molar-refractivity contribution < 1.29 is 43.3 Å². The zero-order valence-electron chi connectivity index (χ0n) is 41.5. The summed E-state index contributed by atoms with van der Waals surface area (Å²) in [7, 11) is 0. The summed E-state index contributed by atoms with van der Waals surface area (Å²) >= 11 is 6.31. The van der Waals surface area contributed by atoms with Crippen molar-refractivity contribution in [2.24, 2.45) is 68.0 Å². The summed E-state index contributed by atoms with van der Waals surface area (Å²) in [6.07, 6.45) is 8.87. The number of rotatable bonds is 12. The van der Waals surface area contributed by atoms with E-state index in [4.69, 9.17) is 25.8 Å². The van der Waals surface area contributed by atoms with Crippen LogP contribution in [0.4, 0.5) is 0 Å². The van der Waals surface area contributed by atoms with Gasteiger partial charge in [-0.15, -0.1) is 0 Å². The van der Waals surface area contributed by atoms with Crippen LogP contribution in [0.5, 0.6) is 5.75 Å². The number of amides is 2. The molecule has 6 aliphatic carbocycles. The molecule has 66 heavy (non-hydrogen) atoms. The number of fused-ring (bicyclic) bond motifs is 7. The van der Waals surface area contributed by atoms with Gasteiger partial charge in [-0.1, -0.05) is 79.5 Å². The van der Waals surface area contributed by atoms with Crippen molar-refractivity contribution in [3.8, 4) is 5.75 Å². The molecular weight excluding hydrogens is 856 g/mol. The highest BCUT2D eigenvalue weighted by Crippen LogP contribution is 2.77. The molecule has 0 spiro atoms. The van der Waals surface area contributed by atoms with Crippen molar-refractivity contribution >= 4 is 41.1 Å². The third-order valence-corrected chi connectivity index (χ3v) is 19.9. The predicted molar refractivity (Wildman–Crippen MR) is 253 cm³/mol. The number of carboxylic acids is 1. The van der Waals surface area contributed by atoms with Gasteiger partial charge in [0.1, 0.15) is 18.0 Å². The van der Waals surface area contributed by atoms with Gasteiger partial charge < -0.3 is 30.0 Å². The molecule has 0 aromatic heterocycles. The van der Waals surface area contributed by atoms with E-state index < -0.39 is 34.2 Å². The lowest BCUT2D eigenvalue weighted by Crippen LogP contribution is -2.66. The Kier molecular flexibility index (Phi) is 12.6. The van der Waals surface area contributed by atoms with E-state index in [1.807, 2.05) is 27.7 Å². The topological polar surface area (TPSA) is 157 Å². The molecule has 11 atom stereocenters. The number of hydrogen-bond acceptors (Lipinski definition) is 8. The quantitative estimate of drug-likeness (QED) is 0.174. The monoisotopic (exact) mass is 933 g/mol. The second kappa shape index (κ2) is 16.9. The number of Topliss-reactive ketones (excluding diaryl/α,β-unsaturated/α-hetero) is 1. The van der Waals surface area contributed by atoms with Crippen molar-refractivity contribution in [2.75, 3.05) is 19.8 Å². The zero-order valence-corrected chi connectivity index (χ0v) is 42.3. The fourth-order valence-electron chi connectivity index (χ4n) is 15.8. The van der Waals surface area contributed by atoms with Crippen LogP contribution in [0.15, 0.2) is 29.3 Å². The number of hydrogen-bond donors (Lipinski definition) is 3. The Morgan fingerprint density at radius 1 is 0.894 bits per heavy atom. The first-order valence-electron chi connectivity index (χ1n) is 25.0. The molecule has 12 heteroatoms. The molecule has 2 amide bonds. The summed E-state index contributed by atoms with van der Waals surface area (Å²) in [5.41, 5.74) is 0.311. The lowest BCUT2D eigenvalue weighted by molar-refractivity contribution is -0.236. The maximum Gasteiger partial charge on any atom is 0.309 e. The van der Waals surface area contributed by atoms with E-state index >= 15 is 0 Å². The Morgan fingerprint density at radius 3 is 2.27 bits per heavy atom. The third kappa shape index (κ3) is 7.93. The number of allylic oxidation sites excluding steroid dienone is 2. The predicted octanol–water partition coefficient (Wildman–Crippen LogP) is 10.2. The van der Waals surface area contributed by atoms with Crippen molar-refractivity contribution in [3.63, 3.8) is 0 Å². The molecule has 5 saturated carbocycles. The van der Waals surface area contributed by atoms with Gasteiger partial charge in [0, 0.05) is 41.7 Å². The Balaban J connectivity index is 0.968. The molecule has 11 nitrogen and oxygen atoms in total. The van der Waals surface area contributed by atoms with Gasteiger partial charge in [-0.25, -0.2) is 0 Å². The molecule has 8 rings (SSSR count). The number of halogens is 1. The summed E-state index contributed by atoms with van der Waals surface area (Å²) in [4.78, 5) is 67.8. The van der Waals surface area contributed by atoms with Crippen LogP contribution >= 0.6 is 11.6 Å². The number of ketones is 1. The van der Waals surface area contributed by atoms with Gasteiger partial charge in [-0.05, 0) is 141 Å². The summed E-state index contributed by atoms with van der Waals surface area (Å²) in [5.74, 6) is -0.826. The number of ether oxygens (including phenoxy) is 3. The van der Waals surface area contributed by atoms with Crippen LogP contribution in [0.1, 0.15) is 164 Å². The van der Waals surface area contributed by atoms with Crippen LogP contribution in [0.3, 0.4) is 0 Å². The van der Waals surface area contributed by atoms with Gasteiger partial charge in [-0.2, -0.15) is 0 Å². The normalized spacial score (nSPS) is 37.7. The highest BCUT2D eigenvalue weighted by Gasteiger charge is 2.70. The third-order valence-electron chi connectivity index (χ3n) is 19.7. The second-order valence-electron chi connectivity index (χ2n) is 24.8. The molecule has 1 aliphatic heterocycles. The Bertz CT molecular complexity index is 2190. The average molecular weight is 934 g/mol. The Labute approximate surface area is 398 Å². The number of carbonyl (C=O) groups is 5. The zero-order chi connectivity index (χ0) is 48.2. The smallest absolute Gasteiger partial charge is 0.309 e. The van der Waals surface area contributed by atoms with E-state index in [0.29, 0.717) is 54.2 Å². The first-order valence-corrected chi connectivity index (χ1v) is 25.4. The lowest BCUT2D eigenvalue weighted by Gasteiger charge is -2.72. The van der Waals surface area contributed by atoms with E-state index in [2.05, 4.69) is 59.1 Å². The minimum absolute atomic E-state index is 0.000192. The van der Waals surface area contributed by atoms with Crippen LogP contribution in [0.25, 0.3) is 0 Å². The molecule has 0 radical (unpaired) electrons.